The summed E-state index contributed by atoms with van der Waals surface area (Å²) in [5.74, 6) is 0.718. The topological polar surface area (TPSA) is 30.7 Å². The van der Waals surface area contributed by atoms with E-state index >= 15 is 0 Å². The summed E-state index contributed by atoms with van der Waals surface area (Å²) < 4.78 is 2.43. The minimum absolute atomic E-state index is 0.718. The van der Waals surface area contributed by atoms with E-state index in [0.29, 0.717) is 0 Å². The molecule has 5 aromatic carbocycles. The van der Waals surface area contributed by atoms with E-state index in [1.165, 1.54) is 39.0 Å². The van der Waals surface area contributed by atoms with Gasteiger partial charge in [-0.1, -0.05) is 146 Å². The Morgan fingerprint density at radius 2 is 1.18 bits per heavy atom. The molecule has 9 rings (SSSR count). The Balaban J connectivity index is 1.20. The number of fused-ring (bicyclic) bond motifs is 4. The lowest BCUT2D eigenvalue weighted by molar-refractivity contribution is 1.04. The monoisotopic (exact) mass is 627 g/mol. The third kappa shape index (κ3) is 5.26. The lowest BCUT2D eigenvalue weighted by atomic mass is 9.93. The van der Waals surface area contributed by atoms with Crippen LogP contribution in [0.15, 0.2) is 158 Å². The van der Waals surface area contributed by atoms with Gasteiger partial charge in [-0.3, -0.25) is 0 Å². The fraction of sp³-hybridized carbons (Fsp3) is 0.0435. The van der Waals surface area contributed by atoms with Gasteiger partial charge in [0.25, 0.3) is 0 Å². The Kier molecular flexibility index (Phi) is 7.29. The summed E-state index contributed by atoms with van der Waals surface area (Å²) >= 11 is 0. The maximum Gasteiger partial charge on any atom is 0.160 e. The van der Waals surface area contributed by atoms with Crippen LogP contribution in [0.1, 0.15) is 28.9 Å². The van der Waals surface area contributed by atoms with Gasteiger partial charge >= 0.3 is 0 Å². The van der Waals surface area contributed by atoms with E-state index in [4.69, 9.17) is 9.97 Å². The third-order valence-electron chi connectivity index (χ3n) is 9.49. The van der Waals surface area contributed by atoms with Crippen molar-refractivity contribution in [3.8, 4) is 50.7 Å². The second-order valence-electron chi connectivity index (χ2n) is 12.5. The van der Waals surface area contributed by atoms with Crippen molar-refractivity contribution in [1.82, 2.24) is 14.5 Å². The van der Waals surface area contributed by atoms with E-state index in [2.05, 4.69) is 156 Å². The quantitative estimate of drug-likeness (QED) is 0.190. The molecule has 7 aromatic rings. The molecule has 2 heterocycles. The highest BCUT2D eigenvalue weighted by Crippen LogP contribution is 2.39. The van der Waals surface area contributed by atoms with Crippen LogP contribution in [0.4, 0.5) is 0 Å². The molecule has 0 amide bonds. The summed E-state index contributed by atoms with van der Waals surface area (Å²) in [5.41, 5.74) is 13.7. The second kappa shape index (κ2) is 12.4. The van der Waals surface area contributed by atoms with Crippen molar-refractivity contribution in [2.24, 2.45) is 0 Å². The number of aromatic nitrogens is 3. The van der Waals surface area contributed by atoms with Gasteiger partial charge in [0.2, 0.25) is 0 Å². The van der Waals surface area contributed by atoms with Crippen LogP contribution in [0.5, 0.6) is 0 Å². The Labute approximate surface area is 286 Å². The van der Waals surface area contributed by atoms with Crippen LogP contribution in [-0.4, -0.2) is 14.5 Å². The predicted molar refractivity (Wildman–Crippen MR) is 205 cm³/mol. The number of nitrogens with zero attached hydrogens (tertiary/aromatic N) is 3. The lowest BCUT2D eigenvalue weighted by Gasteiger charge is -2.16. The summed E-state index contributed by atoms with van der Waals surface area (Å²) in [4.78, 5) is 10.2. The van der Waals surface area contributed by atoms with Crippen molar-refractivity contribution in [1.29, 1.82) is 0 Å². The zero-order valence-corrected chi connectivity index (χ0v) is 27.0. The van der Waals surface area contributed by atoms with Gasteiger partial charge in [0.15, 0.2) is 5.82 Å². The molecule has 0 bridgehead atoms. The van der Waals surface area contributed by atoms with Crippen molar-refractivity contribution >= 4 is 29.0 Å². The van der Waals surface area contributed by atoms with Crippen LogP contribution < -0.4 is 0 Å². The van der Waals surface area contributed by atoms with Gasteiger partial charge in [-0.2, -0.15) is 0 Å². The molecule has 2 aliphatic carbocycles. The highest BCUT2D eigenvalue weighted by molar-refractivity contribution is 6.05. The Bertz CT molecular complexity index is 2420. The molecule has 0 radical (unpaired) electrons. The molecule has 0 saturated carbocycles. The van der Waals surface area contributed by atoms with Gasteiger partial charge in [0, 0.05) is 27.9 Å². The van der Waals surface area contributed by atoms with Crippen LogP contribution in [0.25, 0.3) is 79.7 Å². The first-order chi connectivity index (χ1) is 24.3. The molecule has 2 aromatic heterocycles. The number of benzene rings is 5. The van der Waals surface area contributed by atoms with Crippen LogP contribution in [-0.2, 0) is 6.42 Å². The highest BCUT2D eigenvalue weighted by Gasteiger charge is 2.21. The molecule has 49 heavy (non-hydrogen) atoms. The standard InChI is InChI=1S/C46H33N3/c1-5-16-32(17-6-1)42-31-43(48-46(47-42)33-18-7-2-8-19-33)39-29-28-36(37-22-13-14-23-38(37)39)34-20-15-21-35(30-34)49-44-26-11-3-9-24-40(44)41-25-10-4-12-27-45(41)49/h1-3,5-23,25-31H,4,24H2. The zero-order chi connectivity index (χ0) is 32.6. The lowest BCUT2D eigenvalue weighted by Crippen LogP contribution is -2.00. The van der Waals surface area contributed by atoms with E-state index < -0.39 is 0 Å². The SMILES string of the molecule is C1=CCc2c3c(n(-c4cccc(-c5ccc(-c6cc(-c7ccccc7)nc(-c7ccccc7)n6)c6ccccc56)c4)c2C=C1)C=CCC=C3. The number of hydrogen-bond acceptors (Lipinski definition) is 2. The van der Waals surface area contributed by atoms with Crippen molar-refractivity contribution in [3.05, 3.63) is 180 Å². The van der Waals surface area contributed by atoms with Gasteiger partial charge < -0.3 is 4.57 Å². The Hall–Kier alpha value is -6.32. The molecule has 0 fully saturated rings. The Morgan fingerprint density at radius 1 is 0.490 bits per heavy atom. The first-order valence-corrected chi connectivity index (χ1v) is 16.9. The van der Waals surface area contributed by atoms with Crippen molar-refractivity contribution < 1.29 is 0 Å². The minimum atomic E-state index is 0.718. The first-order valence-electron chi connectivity index (χ1n) is 16.9. The molecule has 0 spiro atoms. The van der Waals surface area contributed by atoms with Crippen LogP contribution in [0.3, 0.4) is 0 Å². The zero-order valence-electron chi connectivity index (χ0n) is 27.0. The molecule has 0 aliphatic heterocycles. The average molecular weight is 628 g/mol. The molecule has 3 nitrogen and oxygen atoms in total. The van der Waals surface area contributed by atoms with E-state index in [1.54, 1.807) is 0 Å². The van der Waals surface area contributed by atoms with Gasteiger partial charge in [-0.25, -0.2) is 9.97 Å². The summed E-state index contributed by atoms with van der Waals surface area (Å²) in [6.45, 7) is 0. The van der Waals surface area contributed by atoms with Gasteiger partial charge in [-0.05, 0) is 70.7 Å². The Morgan fingerprint density at radius 3 is 2.02 bits per heavy atom. The fourth-order valence-corrected chi connectivity index (χ4v) is 7.20. The molecule has 3 heteroatoms. The van der Waals surface area contributed by atoms with Crippen molar-refractivity contribution in [2.75, 3.05) is 0 Å². The smallest absolute Gasteiger partial charge is 0.160 e. The van der Waals surface area contributed by atoms with Crippen molar-refractivity contribution in [2.45, 2.75) is 12.8 Å². The van der Waals surface area contributed by atoms with E-state index in [0.717, 1.165) is 57.8 Å². The maximum atomic E-state index is 5.16. The van der Waals surface area contributed by atoms with Gasteiger partial charge in [-0.15, -0.1) is 0 Å². The van der Waals surface area contributed by atoms with E-state index in [9.17, 15) is 0 Å². The molecule has 0 unspecified atom stereocenters. The predicted octanol–water partition coefficient (Wildman–Crippen LogP) is 11.6. The second-order valence-corrected chi connectivity index (χ2v) is 12.5. The molecule has 0 atom stereocenters. The number of hydrogen-bond donors (Lipinski definition) is 0. The molecular weight excluding hydrogens is 595 g/mol. The largest absolute Gasteiger partial charge is 0.310 e. The van der Waals surface area contributed by atoms with Gasteiger partial charge in [0.05, 0.1) is 22.8 Å². The van der Waals surface area contributed by atoms with Crippen LogP contribution in [0, 0.1) is 0 Å². The molecule has 2 aliphatic rings. The summed E-state index contributed by atoms with van der Waals surface area (Å²) in [5, 5.41) is 2.35. The van der Waals surface area contributed by atoms with E-state index in [-0.39, 0.29) is 0 Å². The number of allylic oxidation sites excluding steroid dienone is 5. The first kappa shape index (κ1) is 28.9. The van der Waals surface area contributed by atoms with Crippen molar-refractivity contribution in [3.63, 3.8) is 0 Å². The molecule has 0 saturated heterocycles. The third-order valence-corrected chi connectivity index (χ3v) is 9.49. The summed E-state index contributed by atoms with van der Waals surface area (Å²) in [6, 6.07) is 44.9. The summed E-state index contributed by atoms with van der Waals surface area (Å²) in [7, 11) is 0. The molecule has 0 N–H and O–H groups in total. The van der Waals surface area contributed by atoms with Crippen LogP contribution in [0.2, 0.25) is 0 Å². The minimum Gasteiger partial charge on any atom is -0.310 e. The molecule has 232 valence electrons. The number of rotatable bonds is 5. The maximum absolute atomic E-state index is 5.16. The van der Waals surface area contributed by atoms with Gasteiger partial charge in [0.1, 0.15) is 0 Å². The highest BCUT2D eigenvalue weighted by atomic mass is 15.0. The molecular formula is C46H33N3. The summed E-state index contributed by atoms with van der Waals surface area (Å²) in [6.07, 6.45) is 19.8. The van der Waals surface area contributed by atoms with E-state index in [1.807, 2.05) is 24.3 Å². The fourth-order valence-electron chi connectivity index (χ4n) is 7.20. The van der Waals surface area contributed by atoms with Crippen LogP contribution >= 0.6 is 0 Å². The average Bonchev–Trinajstić information content (AvgIpc) is 3.38. The normalized spacial score (nSPS) is 13.2.